The van der Waals surface area contributed by atoms with Crippen molar-refractivity contribution in [3.8, 4) is 0 Å². The number of nitrogens with one attached hydrogen (secondary N) is 1. The van der Waals surface area contributed by atoms with Crippen molar-refractivity contribution in [2.75, 3.05) is 35.7 Å². The molecule has 1 aromatic carbocycles. The number of carbonyl (C=O) groups excluding carboxylic acids is 1. The first-order chi connectivity index (χ1) is 12.6. The molecule has 0 aliphatic carbocycles. The van der Waals surface area contributed by atoms with Gasteiger partial charge in [-0.25, -0.2) is 9.97 Å². The quantitative estimate of drug-likeness (QED) is 0.605. The van der Waals surface area contributed by atoms with Crippen LogP contribution in [0.15, 0.2) is 35.5 Å². The SMILES string of the molecule is Cc1cc(C)nc(SCC(=O)Nc2cccc(CN3CCSCC3)c2)n1. The highest BCUT2D eigenvalue weighted by Gasteiger charge is 2.11. The van der Waals surface area contributed by atoms with Crippen LogP contribution >= 0.6 is 23.5 Å². The average Bonchev–Trinajstić information content (AvgIpc) is 2.60. The molecular weight excluding hydrogens is 364 g/mol. The maximum Gasteiger partial charge on any atom is 0.234 e. The second kappa shape index (κ2) is 9.39. The van der Waals surface area contributed by atoms with Crippen molar-refractivity contribution < 1.29 is 4.79 Å². The van der Waals surface area contributed by atoms with Crippen molar-refractivity contribution in [1.82, 2.24) is 14.9 Å². The highest BCUT2D eigenvalue weighted by Crippen LogP contribution is 2.18. The fraction of sp³-hybridized carbons (Fsp3) is 0.421. The third kappa shape index (κ3) is 6.00. The van der Waals surface area contributed by atoms with Gasteiger partial charge in [0.2, 0.25) is 5.91 Å². The maximum absolute atomic E-state index is 12.3. The Morgan fingerprint density at radius 3 is 2.65 bits per heavy atom. The van der Waals surface area contributed by atoms with E-state index in [2.05, 4.69) is 32.3 Å². The van der Waals surface area contributed by atoms with Crippen molar-refractivity contribution in [3.05, 3.63) is 47.3 Å². The van der Waals surface area contributed by atoms with Gasteiger partial charge < -0.3 is 5.32 Å². The largest absolute Gasteiger partial charge is 0.325 e. The molecule has 2 aromatic rings. The van der Waals surface area contributed by atoms with Gasteiger partial charge in [0, 0.05) is 48.2 Å². The van der Waals surface area contributed by atoms with Crippen molar-refractivity contribution in [2.45, 2.75) is 25.5 Å². The van der Waals surface area contributed by atoms with E-state index in [1.165, 1.54) is 28.8 Å². The molecule has 138 valence electrons. The van der Waals surface area contributed by atoms with Gasteiger partial charge in [-0.3, -0.25) is 9.69 Å². The minimum atomic E-state index is -0.0377. The molecule has 0 atom stereocenters. The van der Waals surface area contributed by atoms with E-state index in [4.69, 9.17) is 0 Å². The smallest absolute Gasteiger partial charge is 0.234 e. The molecule has 3 rings (SSSR count). The number of amides is 1. The van der Waals surface area contributed by atoms with Crippen LogP contribution in [0.2, 0.25) is 0 Å². The number of carbonyl (C=O) groups is 1. The van der Waals surface area contributed by atoms with Crippen molar-refractivity contribution in [2.24, 2.45) is 0 Å². The zero-order chi connectivity index (χ0) is 18.4. The fourth-order valence-electron chi connectivity index (χ4n) is 2.85. The first kappa shape index (κ1) is 19.2. The lowest BCUT2D eigenvalue weighted by Crippen LogP contribution is -2.31. The van der Waals surface area contributed by atoms with Crippen LogP contribution in [-0.2, 0) is 11.3 Å². The molecule has 0 unspecified atom stereocenters. The molecule has 1 fully saturated rings. The molecule has 26 heavy (non-hydrogen) atoms. The van der Waals surface area contributed by atoms with Gasteiger partial charge in [-0.05, 0) is 37.6 Å². The number of aryl methyl sites for hydroxylation is 2. The predicted octanol–water partition coefficient (Wildman–Crippen LogP) is 3.37. The average molecular weight is 389 g/mol. The van der Waals surface area contributed by atoms with E-state index in [0.717, 1.165) is 36.7 Å². The number of rotatable bonds is 6. The van der Waals surface area contributed by atoms with Gasteiger partial charge in [-0.1, -0.05) is 23.9 Å². The van der Waals surface area contributed by atoms with E-state index in [0.29, 0.717) is 10.9 Å². The van der Waals surface area contributed by atoms with Crippen molar-refractivity contribution >= 4 is 35.1 Å². The van der Waals surface area contributed by atoms with Gasteiger partial charge in [0.25, 0.3) is 0 Å². The summed E-state index contributed by atoms with van der Waals surface area (Å²) in [7, 11) is 0. The van der Waals surface area contributed by atoms with Gasteiger partial charge in [-0.15, -0.1) is 0 Å². The monoisotopic (exact) mass is 388 g/mol. The standard InChI is InChI=1S/C19H24N4OS2/c1-14-10-15(2)21-19(20-14)26-13-18(24)22-17-5-3-4-16(11-17)12-23-6-8-25-9-7-23/h3-5,10-11H,6-9,12-13H2,1-2H3,(H,22,24). The summed E-state index contributed by atoms with van der Waals surface area (Å²) in [5.41, 5.74) is 3.93. The lowest BCUT2D eigenvalue weighted by Gasteiger charge is -2.26. The Balaban J connectivity index is 1.52. The van der Waals surface area contributed by atoms with Gasteiger partial charge in [-0.2, -0.15) is 11.8 Å². The number of hydrogen-bond donors (Lipinski definition) is 1. The van der Waals surface area contributed by atoms with Gasteiger partial charge in [0.05, 0.1) is 5.75 Å². The summed E-state index contributed by atoms with van der Waals surface area (Å²) in [5.74, 6) is 2.67. The van der Waals surface area contributed by atoms with Gasteiger partial charge in [0.15, 0.2) is 5.16 Å². The highest BCUT2D eigenvalue weighted by molar-refractivity contribution is 7.99. The van der Waals surface area contributed by atoms with Crippen LogP contribution in [0.4, 0.5) is 5.69 Å². The molecule has 5 nitrogen and oxygen atoms in total. The molecule has 0 spiro atoms. The van der Waals surface area contributed by atoms with Crippen molar-refractivity contribution in [3.63, 3.8) is 0 Å². The van der Waals surface area contributed by atoms with E-state index in [-0.39, 0.29) is 5.91 Å². The summed E-state index contributed by atoms with van der Waals surface area (Å²) in [6.45, 7) is 7.08. The number of hydrogen-bond acceptors (Lipinski definition) is 6. The van der Waals surface area contributed by atoms with E-state index >= 15 is 0 Å². The van der Waals surface area contributed by atoms with Crippen LogP contribution in [0.25, 0.3) is 0 Å². The topological polar surface area (TPSA) is 58.1 Å². The summed E-state index contributed by atoms with van der Waals surface area (Å²) in [6.07, 6.45) is 0. The lowest BCUT2D eigenvalue weighted by molar-refractivity contribution is -0.113. The van der Waals surface area contributed by atoms with Crippen molar-refractivity contribution in [1.29, 1.82) is 0 Å². The van der Waals surface area contributed by atoms with Crippen LogP contribution in [0, 0.1) is 13.8 Å². The lowest BCUT2D eigenvalue weighted by atomic mass is 10.2. The summed E-state index contributed by atoms with van der Waals surface area (Å²) >= 11 is 3.38. The van der Waals surface area contributed by atoms with Crippen LogP contribution in [-0.4, -0.2) is 51.1 Å². The molecule has 0 bridgehead atoms. The molecule has 1 saturated heterocycles. The third-order valence-corrected chi connectivity index (χ3v) is 5.80. The van der Waals surface area contributed by atoms with Crippen LogP contribution in [0.1, 0.15) is 17.0 Å². The summed E-state index contributed by atoms with van der Waals surface area (Å²) in [4.78, 5) is 23.4. The van der Waals surface area contributed by atoms with Gasteiger partial charge in [0.1, 0.15) is 0 Å². The molecule has 0 saturated carbocycles. The predicted molar refractivity (Wildman–Crippen MR) is 110 cm³/mol. The van der Waals surface area contributed by atoms with E-state index in [1.54, 1.807) is 0 Å². The molecule has 7 heteroatoms. The van der Waals surface area contributed by atoms with Crippen LogP contribution in [0.3, 0.4) is 0 Å². The Morgan fingerprint density at radius 2 is 1.92 bits per heavy atom. The first-order valence-corrected chi connectivity index (χ1v) is 10.9. The summed E-state index contributed by atoms with van der Waals surface area (Å²) in [6, 6.07) is 10.1. The second-order valence-corrected chi connectivity index (χ2v) is 8.53. The Hall–Kier alpha value is -1.57. The molecule has 1 aliphatic rings. The number of anilines is 1. The summed E-state index contributed by atoms with van der Waals surface area (Å²) in [5, 5.41) is 3.63. The third-order valence-electron chi connectivity index (χ3n) is 4.01. The Labute approximate surface area is 163 Å². The molecule has 1 amide bonds. The zero-order valence-electron chi connectivity index (χ0n) is 15.2. The number of nitrogens with zero attached hydrogens (tertiary/aromatic N) is 3. The van der Waals surface area contributed by atoms with Crippen LogP contribution in [0.5, 0.6) is 0 Å². The highest BCUT2D eigenvalue weighted by atomic mass is 32.2. The fourth-order valence-corrected chi connectivity index (χ4v) is 4.58. The molecule has 1 aromatic heterocycles. The second-order valence-electron chi connectivity index (χ2n) is 6.36. The minimum Gasteiger partial charge on any atom is -0.325 e. The Kier molecular flexibility index (Phi) is 6.93. The molecule has 1 N–H and O–H groups in total. The molecular formula is C19H24N4OS2. The first-order valence-electron chi connectivity index (χ1n) is 8.72. The van der Waals surface area contributed by atoms with E-state index in [9.17, 15) is 4.79 Å². The normalized spacial score (nSPS) is 15.0. The Bertz CT molecular complexity index is 743. The molecule has 2 heterocycles. The number of benzene rings is 1. The molecule has 0 radical (unpaired) electrons. The molecule has 1 aliphatic heterocycles. The Morgan fingerprint density at radius 1 is 1.19 bits per heavy atom. The van der Waals surface area contributed by atoms with Crippen LogP contribution < -0.4 is 5.32 Å². The summed E-state index contributed by atoms with van der Waals surface area (Å²) < 4.78 is 0. The number of aromatic nitrogens is 2. The maximum atomic E-state index is 12.3. The number of thioether (sulfide) groups is 2. The van der Waals surface area contributed by atoms with E-state index < -0.39 is 0 Å². The zero-order valence-corrected chi connectivity index (χ0v) is 16.8. The van der Waals surface area contributed by atoms with Gasteiger partial charge >= 0.3 is 0 Å². The van der Waals surface area contributed by atoms with E-state index in [1.807, 2.05) is 43.8 Å². The minimum absolute atomic E-state index is 0.0377.